The minimum absolute atomic E-state index is 0.160. The summed E-state index contributed by atoms with van der Waals surface area (Å²) in [5, 5.41) is 11.8. The fourth-order valence-electron chi connectivity index (χ4n) is 1.55. The number of nitrogens with one attached hydrogen (secondary N) is 1. The monoisotopic (exact) mass is 285 g/mol. The van der Waals surface area contributed by atoms with Gasteiger partial charge in [-0.05, 0) is 24.1 Å². The molecular weight excluding hydrogens is 270 g/mol. The van der Waals surface area contributed by atoms with Crippen LogP contribution in [0.15, 0.2) is 28.7 Å². The molecule has 1 aromatic carbocycles. The Morgan fingerprint density at radius 3 is 2.56 bits per heavy atom. The Morgan fingerprint density at radius 1 is 1.44 bits per heavy atom. The lowest BCUT2D eigenvalue weighted by molar-refractivity contribution is -0.136. The average molecular weight is 286 g/mol. The molecule has 16 heavy (non-hydrogen) atoms. The molecule has 0 radical (unpaired) electrons. The van der Waals surface area contributed by atoms with Gasteiger partial charge in [-0.2, -0.15) is 0 Å². The van der Waals surface area contributed by atoms with Crippen molar-refractivity contribution in [3.05, 3.63) is 34.3 Å². The zero-order valence-corrected chi connectivity index (χ0v) is 10.8. The summed E-state index contributed by atoms with van der Waals surface area (Å²) in [4.78, 5) is 10.4. The SMILES string of the molecule is CCC(NCCC(=O)O)c1ccc(Br)cc1. The average Bonchev–Trinajstić information content (AvgIpc) is 2.26. The maximum atomic E-state index is 10.4. The lowest BCUT2D eigenvalue weighted by atomic mass is 10.0. The number of halogens is 1. The Morgan fingerprint density at radius 2 is 2.06 bits per heavy atom. The molecule has 0 spiro atoms. The fourth-order valence-corrected chi connectivity index (χ4v) is 1.81. The van der Waals surface area contributed by atoms with E-state index in [-0.39, 0.29) is 12.5 Å². The number of rotatable bonds is 6. The number of hydrogen-bond acceptors (Lipinski definition) is 2. The lowest BCUT2D eigenvalue weighted by Crippen LogP contribution is -2.23. The Labute approximate surface area is 104 Å². The van der Waals surface area contributed by atoms with E-state index in [1.165, 1.54) is 5.56 Å². The highest BCUT2D eigenvalue weighted by molar-refractivity contribution is 9.10. The molecule has 3 nitrogen and oxygen atoms in total. The molecule has 1 unspecified atom stereocenters. The Bertz CT molecular complexity index is 337. The van der Waals surface area contributed by atoms with Gasteiger partial charge >= 0.3 is 5.97 Å². The summed E-state index contributed by atoms with van der Waals surface area (Å²) in [5.41, 5.74) is 1.19. The van der Waals surface area contributed by atoms with E-state index < -0.39 is 5.97 Å². The van der Waals surface area contributed by atoms with E-state index in [1.54, 1.807) is 0 Å². The van der Waals surface area contributed by atoms with Crippen molar-refractivity contribution in [1.82, 2.24) is 5.32 Å². The van der Waals surface area contributed by atoms with E-state index in [4.69, 9.17) is 5.11 Å². The van der Waals surface area contributed by atoms with Gasteiger partial charge in [0, 0.05) is 17.1 Å². The number of benzene rings is 1. The third kappa shape index (κ3) is 4.33. The third-order valence-corrected chi connectivity index (χ3v) is 2.94. The van der Waals surface area contributed by atoms with Crippen LogP contribution in [0.1, 0.15) is 31.4 Å². The molecule has 0 heterocycles. The van der Waals surface area contributed by atoms with E-state index in [1.807, 2.05) is 24.3 Å². The van der Waals surface area contributed by atoms with Crippen molar-refractivity contribution < 1.29 is 9.90 Å². The van der Waals surface area contributed by atoms with Gasteiger partial charge in [0.2, 0.25) is 0 Å². The summed E-state index contributed by atoms with van der Waals surface area (Å²) >= 11 is 3.39. The zero-order chi connectivity index (χ0) is 12.0. The number of carboxylic acid groups (broad SMARTS) is 1. The van der Waals surface area contributed by atoms with Gasteiger partial charge in [0.05, 0.1) is 6.42 Å². The molecule has 1 atom stereocenters. The normalized spacial score (nSPS) is 12.4. The summed E-state index contributed by atoms with van der Waals surface area (Å²) in [7, 11) is 0. The minimum Gasteiger partial charge on any atom is -0.481 e. The molecule has 88 valence electrons. The molecule has 1 rings (SSSR count). The number of hydrogen-bond donors (Lipinski definition) is 2. The van der Waals surface area contributed by atoms with Crippen LogP contribution < -0.4 is 5.32 Å². The van der Waals surface area contributed by atoms with Crippen LogP contribution in [-0.4, -0.2) is 17.6 Å². The number of carbonyl (C=O) groups is 1. The number of carboxylic acids is 1. The van der Waals surface area contributed by atoms with Crippen LogP contribution in [-0.2, 0) is 4.79 Å². The first-order valence-corrected chi connectivity index (χ1v) is 6.13. The van der Waals surface area contributed by atoms with Gasteiger partial charge in [0.25, 0.3) is 0 Å². The Balaban J connectivity index is 2.53. The predicted molar refractivity (Wildman–Crippen MR) is 67.4 cm³/mol. The first-order chi connectivity index (χ1) is 7.63. The zero-order valence-electron chi connectivity index (χ0n) is 9.24. The maximum absolute atomic E-state index is 10.4. The molecule has 0 aliphatic heterocycles. The Kier molecular flexibility index (Phi) is 5.49. The molecule has 0 aromatic heterocycles. The number of aliphatic carboxylic acids is 1. The minimum atomic E-state index is -0.766. The highest BCUT2D eigenvalue weighted by atomic mass is 79.9. The van der Waals surface area contributed by atoms with Crippen LogP contribution in [0.5, 0.6) is 0 Å². The van der Waals surface area contributed by atoms with Gasteiger partial charge in [0.15, 0.2) is 0 Å². The predicted octanol–water partition coefficient (Wildman–Crippen LogP) is 2.96. The van der Waals surface area contributed by atoms with E-state index in [0.29, 0.717) is 6.54 Å². The quantitative estimate of drug-likeness (QED) is 0.845. The van der Waals surface area contributed by atoms with E-state index in [9.17, 15) is 4.79 Å². The Hall–Kier alpha value is -0.870. The largest absolute Gasteiger partial charge is 0.481 e. The molecule has 2 N–H and O–H groups in total. The van der Waals surface area contributed by atoms with Crippen LogP contribution in [0.25, 0.3) is 0 Å². The van der Waals surface area contributed by atoms with Crippen LogP contribution in [0.3, 0.4) is 0 Å². The van der Waals surface area contributed by atoms with Gasteiger partial charge in [-0.25, -0.2) is 0 Å². The summed E-state index contributed by atoms with van der Waals surface area (Å²) in [5.74, 6) is -0.766. The van der Waals surface area contributed by atoms with Crippen molar-refractivity contribution in [2.24, 2.45) is 0 Å². The van der Waals surface area contributed by atoms with Crippen LogP contribution in [0.2, 0.25) is 0 Å². The summed E-state index contributed by atoms with van der Waals surface area (Å²) in [6, 6.07) is 8.32. The first-order valence-electron chi connectivity index (χ1n) is 5.34. The highest BCUT2D eigenvalue weighted by Gasteiger charge is 2.08. The molecule has 0 aliphatic rings. The lowest BCUT2D eigenvalue weighted by Gasteiger charge is -2.16. The molecule has 0 amide bonds. The van der Waals surface area contributed by atoms with Crippen LogP contribution >= 0.6 is 15.9 Å². The molecule has 0 saturated carbocycles. The van der Waals surface area contributed by atoms with E-state index >= 15 is 0 Å². The second kappa shape index (κ2) is 6.66. The van der Waals surface area contributed by atoms with Gasteiger partial charge in [-0.15, -0.1) is 0 Å². The van der Waals surface area contributed by atoms with E-state index in [0.717, 1.165) is 10.9 Å². The van der Waals surface area contributed by atoms with Crippen molar-refractivity contribution in [3.63, 3.8) is 0 Å². The summed E-state index contributed by atoms with van der Waals surface area (Å²) < 4.78 is 1.05. The second-order valence-corrected chi connectivity index (χ2v) is 4.53. The van der Waals surface area contributed by atoms with Crippen LogP contribution in [0, 0.1) is 0 Å². The van der Waals surface area contributed by atoms with Gasteiger partial charge in [0.1, 0.15) is 0 Å². The van der Waals surface area contributed by atoms with Crippen molar-refractivity contribution in [2.45, 2.75) is 25.8 Å². The molecule has 0 fully saturated rings. The van der Waals surface area contributed by atoms with Crippen LogP contribution in [0.4, 0.5) is 0 Å². The topological polar surface area (TPSA) is 49.3 Å². The molecule has 0 saturated heterocycles. The molecule has 1 aromatic rings. The van der Waals surface area contributed by atoms with E-state index in [2.05, 4.69) is 28.2 Å². The summed E-state index contributed by atoms with van der Waals surface area (Å²) in [6.45, 7) is 2.59. The molecule has 4 heteroatoms. The fraction of sp³-hybridized carbons (Fsp3) is 0.417. The second-order valence-electron chi connectivity index (χ2n) is 3.61. The maximum Gasteiger partial charge on any atom is 0.304 e. The van der Waals surface area contributed by atoms with Crippen molar-refractivity contribution in [3.8, 4) is 0 Å². The molecular formula is C12H16BrNO2. The highest BCUT2D eigenvalue weighted by Crippen LogP contribution is 2.19. The van der Waals surface area contributed by atoms with Crippen molar-refractivity contribution >= 4 is 21.9 Å². The smallest absolute Gasteiger partial charge is 0.304 e. The first kappa shape index (κ1) is 13.2. The van der Waals surface area contributed by atoms with Crippen molar-refractivity contribution in [1.29, 1.82) is 0 Å². The van der Waals surface area contributed by atoms with Crippen molar-refractivity contribution in [2.75, 3.05) is 6.54 Å². The standard InChI is InChI=1S/C12H16BrNO2/c1-2-11(14-8-7-12(15)16)9-3-5-10(13)6-4-9/h3-6,11,14H,2,7-8H2,1H3,(H,15,16). The summed E-state index contributed by atoms with van der Waals surface area (Å²) in [6.07, 6.45) is 1.11. The van der Waals surface area contributed by atoms with Gasteiger partial charge in [-0.3, -0.25) is 4.79 Å². The third-order valence-electron chi connectivity index (χ3n) is 2.41. The molecule has 0 aliphatic carbocycles. The molecule has 0 bridgehead atoms. The van der Waals surface area contributed by atoms with Gasteiger partial charge in [-0.1, -0.05) is 35.0 Å². The van der Waals surface area contributed by atoms with Gasteiger partial charge < -0.3 is 10.4 Å².